The standard InChI is InChI=1S/C17H22N2O2S/c1-10-13-7-5-6-8-14(13)18-12(3)16(10)17(21)19-11(2)15(9-20)22-4/h5-8,11,15,20H,9H2,1-4H3,(H,19,21)/t11-,15+/m1/s1. The maximum absolute atomic E-state index is 12.6. The van der Waals surface area contributed by atoms with E-state index in [1.165, 1.54) is 0 Å². The van der Waals surface area contributed by atoms with E-state index < -0.39 is 0 Å². The van der Waals surface area contributed by atoms with Crippen LogP contribution in [0, 0.1) is 13.8 Å². The average Bonchev–Trinajstić information content (AvgIpc) is 2.48. The van der Waals surface area contributed by atoms with Crippen LogP contribution in [0.1, 0.15) is 28.5 Å². The number of aliphatic hydroxyl groups is 1. The van der Waals surface area contributed by atoms with Crippen LogP contribution in [0.2, 0.25) is 0 Å². The van der Waals surface area contributed by atoms with Crippen molar-refractivity contribution in [3.8, 4) is 0 Å². The van der Waals surface area contributed by atoms with Gasteiger partial charge in [0.2, 0.25) is 0 Å². The number of carbonyl (C=O) groups excluding carboxylic acids is 1. The highest BCUT2D eigenvalue weighted by molar-refractivity contribution is 7.99. The van der Waals surface area contributed by atoms with Gasteiger partial charge in [-0.05, 0) is 38.7 Å². The summed E-state index contributed by atoms with van der Waals surface area (Å²) in [4.78, 5) is 17.2. The molecule has 0 unspecified atom stereocenters. The Morgan fingerprint density at radius 3 is 2.68 bits per heavy atom. The molecule has 0 saturated heterocycles. The van der Waals surface area contributed by atoms with Crippen LogP contribution < -0.4 is 5.32 Å². The highest BCUT2D eigenvalue weighted by Gasteiger charge is 2.21. The normalized spacial score (nSPS) is 13.9. The van der Waals surface area contributed by atoms with Gasteiger partial charge in [0.05, 0.1) is 23.4 Å². The van der Waals surface area contributed by atoms with E-state index in [1.807, 2.05) is 51.3 Å². The van der Waals surface area contributed by atoms with Crippen LogP contribution in [-0.4, -0.2) is 40.2 Å². The van der Waals surface area contributed by atoms with E-state index in [0.29, 0.717) is 5.56 Å². The van der Waals surface area contributed by atoms with Crippen molar-refractivity contribution in [3.05, 3.63) is 41.1 Å². The number of nitrogens with one attached hydrogen (secondary N) is 1. The Labute approximate surface area is 135 Å². The van der Waals surface area contributed by atoms with E-state index in [4.69, 9.17) is 0 Å². The molecule has 1 heterocycles. The van der Waals surface area contributed by atoms with Gasteiger partial charge >= 0.3 is 0 Å². The number of carbonyl (C=O) groups is 1. The van der Waals surface area contributed by atoms with Crippen molar-refractivity contribution in [3.63, 3.8) is 0 Å². The number of aromatic nitrogens is 1. The lowest BCUT2D eigenvalue weighted by Gasteiger charge is -2.22. The third-order valence-corrected chi connectivity index (χ3v) is 5.12. The molecule has 1 amide bonds. The van der Waals surface area contributed by atoms with Crippen LogP contribution >= 0.6 is 11.8 Å². The molecule has 0 aliphatic heterocycles. The zero-order chi connectivity index (χ0) is 16.3. The predicted molar refractivity (Wildman–Crippen MR) is 92.5 cm³/mol. The minimum atomic E-state index is -0.131. The monoisotopic (exact) mass is 318 g/mol. The van der Waals surface area contributed by atoms with Gasteiger partial charge in [0.25, 0.3) is 5.91 Å². The number of amides is 1. The molecular weight excluding hydrogens is 296 g/mol. The number of para-hydroxylation sites is 1. The number of nitrogens with zero attached hydrogens (tertiary/aromatic N) is 1. The second-order valence-corrected chi connectivity index (χ2v) is 6.51. The molecule has 0 aliphatic rings. The number of hydrogen-bond acceptors (Lipinski definition) is 4. The topological polar surface area (TPSA) is 62.2 Å². The molecule has 1 aromatic heterocycles. The van der Waals surface area contributed by atoms with Crippen LogP contribution in [0.5, 0.6) is 0 Å². The molecule has 4 nitrogen and oxygen atoms in total. The molecule has 0 radical (unpaired) electrons. The molecule has 2 aromatic rings. The number of aryl methyl sites for hydroxylation is 2. The number of fused-ring (bicyclic) bond motifs is 1. The number of pyridine rings is 1. The second-order valence-electron chi connectivity index (χ2n) is 5.43. The summed E-state index contributed by atoms with van der Waals surface area (Å²) in [6.45, 7) is 5.76. The summed E-state index contributed by atoms with van der Waals surface area (Å²) in [5.41, 5.74) is 3.20. The largest absolute Gasteiger partial charge is 0.395 e. The number of benzene rings is 1. The fourth-order valence-electron chi connectivity index (χ4n) is 2.67. The first-order valence-electron chi connectivity index (χ1n) is 7.30. The summed E-state index contributed by atoms with van der Waals surface area (Å²) >= 11 is 1.55. The first kappa shape index (κ1) is 16.8. The molecule has 2 N–H and O–H groups in total. The van der Waals surface area contributed by atoms with Crippen LogP contribution in [0.25, 0.3) is 10.9 Å². The minimum absolute atomic E-state index is 0.0158. The minimum Gasteiger partial charge on any atom is -0.395 e. The Balaban J connectivity index is 2.36. The first-order chi connectivity index (χ1) is 10.5. The van der Waals surface area contributed by atoms with E-state index in [1.54, 1.807) is 11.8 Å². The third-order valence-electron chi connectivity index (χ3n) is 3.96. The summed E-state index contributed by atoms with van der Waals surface area (Å²) < 4.78 is 0. The molecule has 118 valence electrons. The number of rotatable bonds is 5. The summed E-state index contributed by atoms with van der Waals surface area (Å²) in [5.74, 6) is -0.131. The second kappa shape index (κ2) is 7.11. The van der Waals surface area contributed by atoms with E-state index >= 15 is 0 Å². The molecule has 2 atom stereocenters. The third kappa shape index (κ3) is 3.25. The van der Waals surface area contributed by atoms with E-state index in [-0.39, 0.29) is 23.8 Å². The van der Waals surface area contributed by atoms with Crippen molar-refractivity contribution < 1.29 is 9.90 Å². The molecule has 0 fully saturated rings. The quantitative estimate of drug-likeness (QED) is 0.890. The van der Waals surface area contributed by atoms with Gasteiger partial charge in [0, 0.05) is 16.7 Å². The number of thioether (sulfide) groups is 1. The summed E-state index contributed by atoms with van der Waals surface area (Å²) in [7, 11) is 0. The zero-order valence-corrected chi connectivity index (χ0v) is 14.2. The molecule has 22 heavy (non-hydrogen) atoms. The lowest BCUT2D eigenvalue weighted by atomic mass is 10.0. The maximum Gasteiger partial charge on any atom is 0.253 e. The van der Waals surface area contributed by atoms with Gasteiger partial charge in [-0.3, -0.25) is 9.78 Å². The van der Waals surface area contributed by atoms with Crippen molar-refractivity contribution in [1.82, 2.24) is 10.3 Å². The fourth-order valence-corrected chi connectivity index (χ4v) is 3.30. The summed E-state index contributed by atoms with van der Waals surface area (Å²) in [6.07, 6.45) is 1.93. The molecule has 0 saturated carbocycles. The van der Waals surface area contributed by atoms with Gasteiger partial charge in [-0.15, -0.1) is 0 Å². The van der Waals surface area contributed by atoms with Crippen molar-refractivity contribution in [2.75, 3.05) is 12.9 Å². The lowest BCUT2D eigenvalue weighted by Crippen LogP contribution is -2.41. The molecule has 5 heteroatoms. The van der Waals surface area contributed by atoms with E-state index in [0.717, 1.165) is 22.2 Å². The Kier molecular flexibility index (Phi) is 5.42. The first-order valence-corrected chi connectivity index (χ1v) is 8.58. The van der Waals surface area contributed by atoms with Crippen molar-refractivity contribution in [1.29, 1.82) is 0 Å². The summed E-state index contributed by atoms with van der Waals surface area (Å²) in [5, 5.41) is 13.3. The molecular formula is C17H22N2O2S. The zero-order valence-electron chi connectivity index (χ0n) is 13.4. The highest BCUT2D eigenvalue weighted by Crippen LogP contribution is 2.23. The van der Waals surface area contributed by atoms with Crippen molar-refractivity contribution in [2.24, 2.45) is 0 Å². The number of hydrogen-bond donors (Lipinski definition) is 2. The molecule has 1 aromatic carbocycles. The van der Waals surface area contributed by atoms with Gasteiger partial charge in [-0.25, -0.2) is 0 Å². The smallest absolute Gasteiger partial charge is 0.253 e. The van der Waals surface area contributed by atoms with Crippen LogP contribution in [-0.2, 0) is 0 Å². The van der Waals surface area contributed by atoms with Gasteiger partial charge in [-0.2, -0.15) is 11.8 Å². The Morgan fingerprint density at radius 1 is 1.36 bits per heavy atom. The Morgan fingerprint density at radius 2 is 2.05 bits per heavy atom. The molecule has 0 bridgehead atoms. The van der Waals surface area contributed by atoms with E-state index in [9.17, 15) is 9.90 Å². The lowest BCUT2D eigenvalue weighted by molar-refractivity contribution is 0.0934. The predicted octanol–water partition coefficient (Wildman–Crippen LogP) is 2.69. The van der Waals surface area contributed by atoms with Crippen LogP contribution in [0.3, 0.4) is 0 Å². The molecule has 0 spiro atoms. The number of aliphatic hydroxyl groups excluding tert-OH is 1. The van der Waals surface area contributed by atoms with Gasteiger partial charge in [0.1, 0.15) is 0 Å². The van der Waals surface area contributed by atoms with Crippen molar-refractivity contribution >= 4 is 28.6 Å². The van der Waals surface area contributed by atoms with Gasteiger partial charge in [0.15, 0.2) is 0 Å². The Hall–Kier alpha value is -1.59. The Bertz CT molecular complexity index is 684. The average molecular weight is 318 g/mol. The molecule has 0 aliphatic carbocycles. The highest BCUT2D eigenvalue weighted by atomic mass is 32.2. The van der Waals surface area contributed by atoms with Crippen molar-refractivity contribution in [2.45, 2.75) is 32.1 Å². The SMILES string of the molecule is CS[C@@H](CO)[C@@H](C)NC(=O)c1c(C)nc2ccccc2c1C. The van der Waals surface area contributed by atoms with Crippen LogP contribution in [0.4, 0.5) is 0 Å². The van der Waals surface area contributed by atoms with Crippen LogP contribution in [0.15, 0.2) is 24.3 Å². The van der Waals surface area contributed by atoms with E-state index in [2.05, 4.69) is 10.3 Å². The maximum atomic E-state index is 12.6. The summed E-state index contributed by atoms with van der Waals surface area (Å²) in [6, 6.07) is 7.72. The van der Waals surface area contributed by atoms with Gasteiger partial charge < -0.3 is 10.4 Å². The van der Waals surface area contributed by atoms with Gasteiger partial charge in [-0.1, -0.05) is 18.2 Å². The fraction of sp³-hybridized carbons (Fsp3) is 0.412. The molecule has 2 rings (SSSR count).